The second kappa shape index (κ2) is 5.09. The van der Waals surface area contributed by atoms with E-state index in [0.717, 1.165) is 0 Å². The number of nitrogens with zero attached hydrogens (tertiary/aromatic N) is 2. The predicted molar refractivity (Wildman–Crippen MR) is 75.5 cm³/mol. The average Bonchev–Trinajstić information content (AvgIpc) is 2.85. The van der Waals surface area contributed by atoms with Crippen molar-refractivity contribution in [3.63, 3.8) is 0 Å². The summed E-state index contributed by atoms with van der Waals surface area (Å²) in [4.78, 5) is 11.5. The number of H-pyrrole nitrogens is 1. The molecule has 0 saturated heterocycles. The fourth-order valence-corrected chi connectivity index (χ4v) is 2.08. The Morgan fingerprint density at radius 3 is 2.90 bits per heavy atom. The summed E-state index contributed by atoms with van der Waals surface area (Å²) < 4.78 is 19.1. The van der Waals surface area contributed by atoms with Crippen LogP contribution in [0.5, 0.6) is 5.88 Å². The molecule has 0 bridgehead atoms. The molecule has 0 fully saturated rings. The van der Waals surface area contributed by atoms with Gasteiger partial charge in [-0.1, -0.05) is 11.6 Å². The minimum absolute atomic E-state index is 0.313. The molecule has 0 atom stereocenters. The number of rotatable bonds is 3. The fourth-order valence-electron chi connectivity index (χ4n) is 1.91. The summed E-state index contributed by atoms with van der Waals surface area (Å²) in [7, 11) is 0. The van der Waals surface area contributed by atoms with Crippen LogP contribution in [-0.2, 0) is 0 Å². The first kappa shape index (κ1) is 12.9. The van der Waals surface area contributed by atoms with E-state index in [9.17, 15) is 4.39 Å². The lowest BCUT2D eigenvalue weighted by atomic mass is 10.2. The van der Waals surface area contributed by atoms with E-state index >= 15 is 0 Å². The Kier molecular flexibility index (Phi) is 3.28. The average molecular weight is 292 g/mol. The van der Waals surface area contributed by atoms with Crippen LogP contribution in [0.1, 0.15) is 6.92 Å². The lowest BCUT2D eigenvalue weighted by molar-refractivity contribution is 0.328. The summed E-state index contributed by atoms with van der Waals surface area (Å²) >= 11 is 5.89. The molecule has 20 heavy (non-hydrogen) atoms. The van der Waals surface area contributed by atoms with Gasteiger partial charge >= 0.3 is 0 Å². The Hall–Kier alpha value is -2.14. The van der Waals surface area contributed by atoms with Gasteiger partial charge in [-0.3, -0.25) is 0 Å². The standard InChI is InChI=1S/C14H11ClFN3O/c1-2-20-12-6-5-11-14(18-12)19-13(17-11)9-7-8(15)3-4-10(9)16/h3-7H,2H2,1H3,(H,17,18,19). The molecule has 0 spiro atoms. The molecule has 0 unspecified atom stereocenters. The van der Waals surface area contributed by atoms with Crippen LogP contribution < -0.4 is 4.74 Å². The summed E-state index contributed by atoms with van der Waals surface area (Å²) in [5.41, 5.74) is 1.50. The van der Waals surface area contributed by atoms with E-state index in [4.69, 9.17) is 16.3 Å². The van der Waals surface area contributed by atoms with Gasteiger partial charge in [0.2, 0.25) is 5.88 Å². The highest BCUT2D eigenvalue weighted by molar-refractivity contribution is 6.30. The number of hydrogen-bond donors (Lipinski definition) is 1. The quantitative estimate of drug-likeness (QED) is 0.798. The Morgan fingerprint density at radius 1 is 1.25 bits per heavy atom. The summed E-state index contributed by atoms with van der Waals surface area (Å²) in [5.74, 6) is 0.490. The van der Waals surface area contributed by atoms with Crippen LogP contribution >= 0.6 is 11.6 Å². The van der Waals surface area contributed by atoms with Crippen molar-refractivity contribution in [2.75, 3.05) is 6.61 Å². The maximum absolute atomic E-state index is 13.8. The summed E-state index contributed by atoms with van der Waals surface area (Å²) in [6.07, 6.45) is 0. The number of nitrogens with one attached hydrogen (secondary N) is 1. The van der Waals surface area contributed by atoms with Crippen LogP contribution in [0.25, 0.3) is 22.6 Å². The van der Waals surface area contributed by atoms with Gasteiger partial charge in [0.1, 0.15) is 11.6 Å². The highest BCUT2D eigenvalue weighted by Crippen LogP contribution is 2.26. The van der Waals surface area contributed by atoms with Crippen molar-refractivity contribution in [1.82, 2.24) is 15.0 Å². The predicted octanol–water partition coefficient (Wildman–Crippen LogP) is 3.82. The molecule has 102 valence electrons. The highest BCUT2D eigenvalue weighted by atomic mass is 35.5. The lowest BCUT2D eigenvalue weighted by Crippen LogP contribution is -1.93. The van der Waals surface area contributed by atoms with Gasteiger partial charge in [-0.15, -0.1) is 0 Å². The van der Waals surface area contributed by atoms with E-state index in [0.29, 0.717) is 40.1 Å². The molecule has 1 N–H and O–H groups in total. The molecule has 3 aromatic rings. The van der Waals surface area contributed by atoms with Gasteiger partial charge in [0, 0.05) is 11.1 Å². The number of aromatic amines is 1. The molecule has 0 radical (unpaired) electrons. The number of pyridine rings is 1. The van der Waals surface area contributed by atoms with Crippen molar-refractivity contribution in [2.45, 2.75) is 6.92 Å². The van der Waals surface area contributed by atoms with Crippen molar-refractivity contribution >= 4 is 22.8 Å². The topological polar surface area (TPSA) is 50.8 Å². The third kappa shape index (κ3) is 2.32. The second-order valence-corrected chi connectivity index (χ2v) is 4.60. The van der Waals surface area contributed by atoms with E-state index in [2.05, 4.69) is 15.0 Å². The molecule has 3 rings (SSSR count). The molecular weight excluding hydrogens is 281 g/mol. The summed E-state index contributed by atoms with van der Waals surface area (Å²) in [6.45, 7) is 2.40. The van der Waals surface area contributed by atoms with Gasteiger partial charge in [0.15, 0.2) is 5.65 Å². The Morgan fingerprint density at radius 2 is 2.10 bits per heavy atom. The van der Waals surface area contributed by atoms with E-state index in [1.165, 1.54) is 18.2 Å². The van der Waals surface area contributed by atoms with Crippen LogP contribution in [0.4, 0.5) is 4.39 Å². The number of imidazole rings is 1. The monoisotopic (exact) mass is 291 g/mol. The molecule has 4 nitrogen and oxygen atoms in total. The number of fused-ring (bicyclic) bond motifs is 1. The Bertz CT molecular complexity index is 772. The van der Waals surface area contributed by atoms with Gasteiger partial charge in [-0.2, -0.15) is 4.98 Å². The van der Waals surface area contributed by atoms with Crippen LogP contribution in [-0.4, -0.2) is 21.6 Å². The summed E-state index contributed by atoms with van der Waals surface area (Å²) in [6, 6.07) is 7.87. The minimum atomic E-state index is -0.390. The largest absolute Gasteiger partial charge is 0.478 e. The van der Waals surface area contributed by atoms with Crippen LogP contribution in [0.15, 0.2) is 30.3 Å². The van der Waals surface area contributed by atoms with Crippen LogP contribution in [0.3, 0.4) is 0 Å². The Labute approximate surface area is 119 Å². The van der Waals surface area contributed by atoms with Gasteiger partial charge < -0.3 is 9.72 Å². The molecule has 0 amide bonds. The maximum Gasteiger partial charge on any atom is 0.215 e. The van der Waals surface area contributed by atoms with Crippen molar-refractivity contribution in [1.29, 1.82) is 0 Å². The normalized spacial score (nSPS) is 10.9. The van der Waals surface area contributed by atoms with Gasteiger partial charge in [-0.05, 0) is 31.2 Å². The molecule has 2 heterocycles. The third-order valence-electron chi connectivity index (χ3n) is 2.80. The number of ether oxygens (including phenoxy) is 1. The first-order valence-corrected chi connectivity index (χ1v) is 6.50. The zero-order valence-corrected chi connectivity index (χ0v) is 11.4. The highest BCUT2D eigenvalue weighted by Gasteiger charge is 2.12. The number of hydrogen-bond acceptors (Lipinski definition) is 3. The van der Waals surface area contributed by atoms with E-state index in [1.807, 2.05) is 6.92 Å². The second-order valence-electron chi connectivity index (χ2n) is 4.16. The van der Waals surface area contributed by atoms with Gasteiger partial charge in [0.05, 0.1) is 17.7 Å². The zero-order valence-electron chi connectivity index (χ0n) is 10.7. The SMILES string of the molecule is CCOc1ccc2[nH]c(-c3cc(Cl)ccc3F)nc2n1. The molecular formula is C14H11ClFN3O. The molecule has 0 saturated carbocycles. The molecule has 0 aliphatic rings. The van der Waals surface area contributed by atoms with Crippen LogP contribution in [0, 0.1) is 5.82 Å². The zero-order chi connectivity index (χ0) is 14.1. The molecule has 1 aromatic carbocycles. The number of aromatic nitrogens is 3. The van der Waals surface area contributed by atoms with E-state index in [-0.39, 0.29) is 0 Å². The lowest BCUT2D eigenvalue weighted by Gasteiger charge is -1.99. The van der Waals surface area contributed by atoms with Gasteiger partial charge in [0.25, 0.3) is 0 Å². The molecule has 2 aromatic heterocycles. The molecule has 0 aliphatic carbocycles. The van der Waals surface area contributed by atoms with Crippen LogP contribution in [0.2, 0.25) is 5.02 Å². The first-order chi connectivity index (χ1) is 9.67. The minimum Gasteiger partial charge on any atom is -0.478 e. The number of benzene rings is 1. The number of halogens is 2. The van der Waals surface area contributed by atoms with Crippen molar-refractivity contribution in [3.8, 4) is 17.3 Å². The summed E-state index contributed by atoms with van der Waals surface area (Å²) in [5, 5.41) is 0.449. The van der Waals surface area contributed by atoms with Crippen molar-refractivity contribution in [3.05, 3.63) is 41.2 Å². The maximum atomic E-state index is 13.8. The van der Waals surface area contributed by atoms with E-state index in [1.54, 1.807) is 12.1 Å². The van der Waals surface area contributed by atoms with Crippen molar-refractivity contribution < 1.29 is 9.13 Å². The van der Waals surface area contributed by atoms with E-state index < -0.39 is 5.82 Å². The Balaban J connectivity index is 2.10. The molecule has 6 heteroatoms. The van der Waals surface area contributed by atoms with Gasteiger partial charge in [-0.25, -0.2) is 9.37 Å². The molecule has 0 aliphatic heterocycles. The first-order valence-electron chi connectivity index (χ1n) is 6.12. The van der Waals surface area contributed by atoms with Crippen molar-refractivity contribution in [2.24, 2.45) is 0 Å². The third-order valence-corrected chi connectivity index (χ3v) is 3.03. The smallest absolute Gasteiger partial charge is 0.215 e. The fraction of sp³-hybridized carbons (Fsp3) is 0.143.